The number of nitrogens with zero attached hydrogens (tertiary/aromatic N) is 1. The highest BCUT2D eigenvalue weighted by molar-refractivity contribution is 7.99. The maximum absolute atomic E-state index is 13.2. The molecule has 0 radical (unpaired) electrons. The van der Waals surface area contributed by atoms with Crippen LogP contribution in [0, 0.1) is 18.6 Å². The number of anilines is 1. The summed E-state index contributed by atoms with van der Waals surface area (Å²) in [7, 11) is 0. The molecule has 3 aromatic rings. The number of rotatable bonds is 5. The molecule has 1 heterocycles. The van der Waals surface area contributed by atoms with Crippen molar-refractivity contribution in [3.63, 3.8) is 0 Å². The van der Waals surface area contributed by atoms with E-state index in [1.54, 1.807) is 25.1 Å². The number of halogens is 2. The van der Waals surface area contributed by atoms with Gasteiger partial charge in [0, 0.05) is 11.3 Å². The van der Waals surface area contributed by atoms with Crippen LogP contribution in [0.2, 0.25) is 0 Å². The quantitative estimate of drug-likeness (QED) is 0.673. The summed E-state index contributed by atoms with van der Waals surface area (Å²) in [5.41, 5.74) is 1.90. The maximum atomic E-state index is 13.2. The zero-order valence-corrected chi connectivity index (χ0v) is 14.1. The molecule has 1 amide bonds. The van der Waals surface area contributed by atoms with E-state index in [1.807, 2.05) is 0 Å². The Kier molecular flexibility index (Phi) is 5.14. The van der Waals surface area contributed by atoms with Crippen LogP contribution >= 0.6 is 11.8 Å². The van der Waals surface area contributed by atoms with Crippen LogP contribution in [-0.4, -0.2) is 16.6 Å². The second-order valence-corrected chi connectivity index (χ2v) is 6.22. The maximum Gasteiger partial charge on any atom is 0.256 e. The molecule has 0 saturated carbocycles. The number of nitrogens with one attached hydrogen (secondary N) is 1. The fraction of sp³-hybridized carbons (Fsp3) is 0.111. The largest absolute Gasteiger partial charge is 0.431 e. The average molecular weight is 360 g/mol. The van der Waals surface area contributed by atoms with Gasteiger partial charge in [-0.25, -0.2) is 13.8 Å². The van der Waals surface area contributed by atoms with E-state index in [0.717, 1.165) is 17.3 Å². The van der Waals surface area contributed by atoms with E-state index in [2.05, 4.69) is 10.3 Å². The van der Waals surface area contributed by atoms with Crippen molar-refractivity contribution in [1.82, 2.24) is 4.98 Å². The summed E-state index contributed by atoms with van der Waals surface area (Å²) in [6.07, 6.45) is 1.52. The smallest absolute Gasteiger partial charge is 0.256 e. The van der Waals surface area contributed by atoms with Crippen molar-refractivity contribution >= 4 is 23.4 Å². The third-order valence-corrected chi connectivity index (χ3v) is 4.26. The van der Waals surface area contributed by atoms with Crippen LogP contribution in [-0.2, 0) is 4.79 Å². The minimum Gasteiger partial charge on any atom is -0.431 e. The average Bonchev–Trinajstić information content (AvgIpc) is 3.06. The van der Waals surface area contributed by atoms with Gasteiger partial charge in [0.25, 0.3) is 5.22 Å². The lowest BCUT2D eigenvalue weighted by Gasteiger charge is -2.07. The van der Waals surface area contributed by atoms with Crippen molar-refractivity contribution in [1.29, 1.82) is 0 Å². The highest BCUT2D eigenvalue weighted by atomic mass is 32.2. The van der Waals surface area contributed by atoms with Crippen LogP contribution in [0.15, 0.2) is 58.3 Å². The number of aromatic nitrogens is 1. The number of thioether (sulfide) groups is 1. The molecule has 128 valence electrons. The number of oxazole rings is 1. The first-order valence-corrected chi connectivity index (χ1v) is 8.40. The van der Waals surface area contributed by atoms with Crippen molar-refractivity contribution in [2.75, 3.05) is 11.1 Å². The van der Waals surface area contributed by atoms with Crippen molar-refractivity contribution in [3.8, 4) is 11.3 Å². The van der Waals surface area contributed by atoms with Crippen LogP contribution in [0.1, 0.15) is 5.56 Å². The standard InChI is InChI=1S/C18H14F2N2O2S/c1-11-2-5-14(20)8-15(11)22-17(23)10-25-18-21-9-16(24-18)12-3-6-13(19)7-4-12/h2-9H,10H2,1H3,(H,22,23). The molecule has 0 fully saturated rings. The molecule has 4 nitrogen and oxygen atoms in total. The number of hydrogen-bond donors (Lipinski definition) is 1. The summed E-state index contributed by atoms with van der Waals surface area (Å²) < 4.78 is 31.7. The molecule has 2 aromatic carbocycles. The van der Waals surface area contributed by atoms with Crippen molar-refractivity contribution in [3.05, 3.63) is 65.9 Å². The Bertz CT molecular complexity index is 894. The van der Waals surface area contributed by atoms with E-state index in [1.165, 1.54) is 30.5 Å². The molecule has 7 heteroatoms. The van der Waals surface area contributed by atoms with Gasteiger partial charge in [-0.1, -0.05) is 17.8 Å². The molecule has 1 aromatic heterocycles. The summed E-state index contributed by atoms with van der Waals surface area (Å²) in [5.74, 6) is -0.476. The fourth-order valence-corrected chi connectivity index (χ4v) is 2.72. The molecule has 0 aliphatic carbocycles. The first-order chi connectivity index (χ1) is 12.0. The lowest BCUT2D eigenvalue weighted by molar-refractivity contribution is -0.113. The van der Waals surface area contributed by atoms with Gasteiger partial charge in [-0.15, -0.1) is 0 Å². The highest BCUT2D eigenvalue weighted by Gasteiger charge is 2.11. The third kappa shape index (κ3) is 4.45. The molecule has 0 aliphatic rings. The van der Waals surface area contributed by atoms with E-state index >= 15 is 0 Å². The first-order valence-electron chi connectivity index (χ1n) is 7.42. The second-order valence-electron chi connectivity index (χ2n) is 5.29. The minimum absolute atomic E-state index is 0.0688. The predicted molar refractivity (Wildman–Crippen MR) is 92.4 cm³/mol. The first kappa shape index (κ1) is 17.2. The number of amides is 1. The third-order valence-electron chi connectivity index (χ3n) is 3.41. The van der Waals surface area contributed by atoms with E-state index in [-0.39, 0.29) is 17.5 Å². The molecular formula is C18H14F2N2O2S. The molecule has 0 atom stereocenters. The topological polar surface area (TPSA) is 55.1 Å². The molecule has 3 rings (SSSR count). The zero-order valence-electron chi connectivity index (χ0n) is 13.3. The van der Waals surface area contributed by atoms with Gasteiger partial charge in [0.15, 0.2) is 5.76 Å². The Morgan fingerprint density at radius 1 is 1.16 bits per heavy atom. The van der Waals surface area contributed by atoms with E-state index < -0.39 is 5.82 Å². The number of benzene rings is 2. The molecule has 0 unspecified atom stereocenters. The molecule has 0 saturated heterocycles. The normalized spacial score (nSPS) is 10.7. The van der Waals surface area contributed by atoms with E-state index in [4.69, 9.17) is 4.42 Å². The Morgan fingerprint density at radius 2 is 1.88 bits per heavy atom. The van der Waals surface area contributed by atoms with Gasteiger partial charge in [-0.3, -0.25) is 4.79 Å². The van der Waals surface area contributed by atoms with Crippen molar-refractivity contribution in [2.45, 2.75) is 12.1 Å². The van der Waals surface area contributed by atoms with Crippen molar-refractivity contribution < 1.29 is 18.0 Å². The van der Waals surface area contributed by atoms with Gasteiger partial charge in [0.2, 0.25) is 5.91 Å². The second kappa shape index (κ2) is 7.48. The van der Waals surface area contributed by atoms with Gasteiger partial charge in [-0.2, -0.15) is 0 Å². The number of hydrogen-bond acceptors (Lipinski definition) is 4. The zero-order chi connectivity index (χ0) is 17.8. The van der Waals surface area contributed by atoms with Crippen LogP contribution in [0.4, 0.5) is 14.5 Å². The van der Waals surface area contributed by atoms with Crippen LogP contribution in [0.25, 0.3) is 11.3 Å². The Morgan fingerprint density at radius 3 is 2.64 bits per heavy atom. The summed E-state index contributed by atoms with van der Waals surface area (Å²) in [6.45, 7) is 1.78. The SMILES string of the molecule is Cc1ccc(F)cc1NC(=O)CSc1ncc(-c2ccc(F)cc2)o1. The summed E-state index contributed by atoms with van der Waals surface area (Å²) >= 11 is 1.12. The van der Waals surface area contributed by atoms with E-state index in [9.17, 15) is 13.6 Å². The highest BCUT2D eigenvalue weighted by Crippen LogP contribution is 2.26. The van der Waals surface area contributed by atoms with Gasteiger partial charge < -0.3 is 9.73 Å². The molecule has 25 heavy (non-hydrogen) atoms. The van der Waals surface area contributed by atoms with Gasteiger partial charge in [-0.05, 0) is 48.9 Å². The van der Waals surface area contributed by atoms with Gasteiger partial charge >= 0.3 is 0 Å². The number of carbonyl (C=O) groups is 1. The molecule has 0 spiro atoms. The molecule has 1 N–H and O–H groups in total. The predicted octanol–water partition coefficient (Wildman–Crippen LogP) is 4.66. The summed E-state index contributed by atoms with van der Waals surface area (Å²) in [6, 6.07) is 10.0. The lowest BCUT2D eigenvalue weighted by Crippen LogP contribution is -2.15. The van der Waals surface area contributed by atoms with Crippen LogP contribution in [0.5, 0.6) is 0 Å². The van der Waals surface area contributed by atoms with Crippen LogP contribution in [0.3, 0.4) is 0 Å². The Balaban J connectivity index is 1.59. The van der Waals surface area contributed by atoms with Gasteiger partial charge in [0.05, 0.1) is 11.9 Å². The summed E-state index contributed by atoms with van der Waals surface area (Å²) in [5, 5.41) is 2.98. The molecular weight excluding hydrogens is 346 g/mol. The monoisotopic (exact) mass is 360 g/mol. The Hall–Kier alpha value is -2.67. The fourth-order valence-electron chi connectivity index (χ4n) is 2.11. The molecule has 0 aliphatic heterocycles. The summed E-state index contributed by atoms with van der Waals surface area (Å²) in [4.78, 5) is 16.1. The molecule has 0 bridgehead atoms. The Labute approximate surface area is 147 Å². The van der Waals surface area contributed by atoms with Crippen LogP contribution < -0.4 is 5.32 Å². The van der Waals surface area contributed by atoms with E-state index in [0.29, 0.717) is 22.2 Å². The lowest BCUT2D eigenvalue weighted by atomic mass is 10.2. The number of aryl methyl sites for hydroxylation is 1. The minimum atomic E-state index is -0.412. The van der Waals surface area contributed by atoms with Gasteiger partial charge in [0.1, 0.15) is 11.6 Å². The van der Waals surface area contributed by atoms with Crippen molar-refractivity contribution in [2.24, 2.45) is 0 Å². The number of carbonyl (C=O) groups excluding carboxylic acids is 1.